The minimum atomic E-state index is -4.49. The third kappa shape index (κ3) is 8.87. The van der Waals surface area contributed by atoms with E-state index < -0.39 is 31.8 Å². The molecule has 0 heterocycles. The van der Waals surface area contributed by atoms with Gasteiger partial charge in [0, 0.05) is 19.2 Å². The van der Waals surface area contributed by atoms with Crippen LogP contribution in [0.4, 0.5) is 22.0 Å². The molecule has 1 aromatic rings. The van der Waals surface area contributed by atoms with Gasteiger partial charge in [-0.05, 0) is 19.9 Å². The van der Waals surface area contributed by atoms with E-state index in [0.717, 1.165) is 12.6 Å². The summed E-state index contributed by atoms with van der Waals surface area (Å²) in [4.78, 5) is 16.5. The number of aliphatic imine (C=N–C) groups is 1. The molecule has 0 fully saturated rings. The number of benzene rings is 1. The van der Waals surface area contributed by atoms with E-state index in [1.54, 1.807) is 26.0 Å². The lowest BCUT2D eigenvalue weighted by molar-refractivity contribution is -0.157. The van der Waals surface area contributed by atoms with Gasteiger partial charge in [0.1, 0.15) is 12.3 Å². The Kier molecular flexibility index (Phi) is 8.93. The van der Waals surface area contributed by atoms with Crippen molar-refractivity contribution >= 4 is 11.9 Å². The van der Waals surface area contributed by atoms with Gasteiger partial charge in [-0.15, -0.1) is 0 Å². The largest absolute Gasteiger partial charge is 0.434 e. The smallest absolute Gasteiger partial charge is 0.406 e. The lowest BCUT2D eigenvalue weighted by atomic mass is 10.1. The number of halogens is 5. The van der Waals surface area contributed by atoms with E-state index in [4.69, 9.17) is 0 Å². The Labute approximate surface area is 159 Å². The Morgan fingerprint density at radius 1 is 1.29 bits per heavy atom. The number of carbonyl (C=O) groups is 1. The molecular weight excluding hydrogens is 387 g/mol. The predicted molar refractivity (Wildman–Crippen MR) is 94.3 cm³/mol. The lowest BCUT2D eigenvalue weighted by Gasteiger charge is -2.20. The molecule has 1 aromatic carbocycles. The Morgan fingerprint density at radius 3 is 2.54 bits per heavy atom. The normalized spacial score (nSPS) is 12.1. The van der Waals surface area contributed by atoms with Crippen molar-refractivity contribution in [1.82, 2.24) is 15.5 Å². The quantitative estimate of drug-likeness (QED) is 0.393. The Balaban J connectivity index is 2.80. The maximum Gasteiger partial charge on any atom is 0.406 e. The third-order valence-corrected chi connectivity index (χ3v) is 3.43. The summed E-state index contributed by atoms with van der Waals surface area (Å²) in [5.74, 6) is -0.651. The number of guanidine groups is 1. The van der Waals surface area contributed by atoms with Crippen LogP contribution in [-0.4, -0.2) is 56.2 Å². The Morgan fingerprint density at radius 2 is 1.96 bits per heavy atom. The third-order valence-electron chi connectivity index (χ3n) is 3.43. The number of ether oxygens (including phenoxy) is 1. The van der Waals surface area contributed by atoms with Crippen LogP contribution in [0, 0.1) is 6.92 Å². The second-order valence-electron chi connectivity index (χ2n) is 5.90. The van der Waals surface area contributed by atoms with Crippen molar-refractivity contribution in [3.8, 4) is 5.75 Å². The van der Waals surface area contributed by atoms with Gasteiger partial charge in [-0.2, -0.15) is 22.0 Å². The van der Waals surface area contributed by atoms with E-state index in [2.05, 4.69) is 20.4 Å². The summed E-state index contributed by atoms with van der Waals surface area (Å²) in [5, 5.41) is 5.45. The van der Waals surface area contributed by atoms with Crippen LogP contribution in [0.25, 0.3) is 0 Å². The first-order valence-corrected chi connectivity index (χ1v) is 8.39. The fourth-order valence-corrected chi connectivity index (χ4v) is 2.20. The minimum Gasteiger partial charge on any atom is -0.434 e. The van der Waals surface area contributed by atoms with Crippen molar-refractivity contribution in [3.05, 3.63) is 29.3 Å². The minimum absolute atomic E-state index is 0.0267. The van der Waals surface area contributed by atoms with Gasteiger partial charge >= 0.3 is 12.8 Å². The van der Waals surface area contributed by atoms with E-state index in [1.165, 1.54) is 6.07 Å². The molecule has 6 nitrogen and oxygen atoms in total. The summed E-state index contributed by atoms with van der Waals surface area (Å²) in [6.07, 6.45) is -4.49. The van der Waals surface area contributed by atoms with Crippen molar-refractivity contribution in [2.24, 2.45) is 4.99 Å². The van der Waals surface area contributed by atoms with Gasteiger partial charge < -0.3 is 20.3 Å². The number of nitrogens with zero attached hydrogens (tertiary/aromatic N) is 2. The molecule has 28 heavy (non-hydrogen) atoms. The monoisotopic (exact) mass is 410 g/mol. The first kappa shape index (κ1) is 23.4. The standard InChI is InChI=1S/C17H23F5N4O2/c1-4-23-16(25-9-14(27)26(3)10-17(20,21)22)24-8-12-7-11(2)5-6-13(12)28-15(18)19/h5-7,15H,4,8-10H2,1-3H3,(H2,23,24,25). The molecule has 11 heteroatoms. The zero-order chi connectivity index (χ0) is 21.3. The van der Waals surface area contributed by atoms with Crippen LogP contribution >= 0.6 is 0 Å². The van der Waals surface area contributed by atoms with Gasteiger partial charge in [0.25, 0.3) is 0 Å². The number of alkyl halides is 5. The van der Waals surface area contributed by atoms with Crippen LogP contribution in [0.2, 0.25) is 0 Å². The van der Waals surface area contributed by atoms with Crippen molar-refractivity contribution in [2.45, 2.75) is 33.2 Å². The zero-order valence-corrected chi connectivity index (χ0v) is 15.7. The molecule has 0 aliphatic rings. The topological polar surface area (TPSA) is 66.0 Å². The van der Waals surface area contributed by atoms with Crippen LogP contribution in [0.15, 0.2) is 23.2 Å². The van der Waals surface area contributed by atoms with E-state index in [9.17, 15) is 26.7 Å². The molecule has 0 radical (unpaired) electrons. The molecule has 1 amide bonds. The molecular formula is C17H23F5N4O2. The maximum absolute atomic E-state index is 12.5. The molecule has 2 N–H and O–H groups in total. The second-order valence-corrected chi connectivity index (χ2v) is 5.90. The maximum atomic E-state index is 12.5. The van der Waals surface area contributed by atoms with E-state index in [0.29, 0.717) is 17.0 Å². The summed E-state index contributed by atoms with van der Waals surface area (Å²) < 4.78 is 66.5. The average Bonchev–Trinajstić information content (AvgIpc) is 2.57. The predicted octanol–water partition coefficient (Wildman–Crippen LogP) is 2.67. The molecule has 0 spiro atoms. The van der Waals surface area contributed by atoms with Crippen LogP contribution in [-0.2, 0) is 11.3 Å². The molecule has 158 valence electrons. The molecule has 0 aromatic heterocycles. The van der Waals surface area contributed by atoms with E-state index in [1.807, 2.05) is 0 Å². The van der Waals surface area contributed by atoms with Crippen LogP contribution in [0.3, 0.4) is 0 Å². The number of rotatable bonds is 8. The first-order chi connectivity index (χ1) is 13.0. The van der Waals surface area contributed by atoms with Gasteiger partial charge in [0.2, 0.25) is 5.91 Å². The highest BCUT2D eigenvalue weighted by molar-refractivity contribution is 5.86. The second kappa shape index (κ2) is 10.7. The van der Waals surface area contributed by atoms with Crippen LogP contribution < -0.4 is 15.4 Å². The molecule has 0 bridgehead atoms. The highest BCUT2D eigenvalue weighted by atomic mass is 19.4. The van der Waals surface area contributed by atoms with Crippen molar-refractivity contribution in [1.29, 1.82) is 0 Å². The Hall–Kier alpha value is -2.59. The van der Waals surface area contributed by atoms with Crippen molar-refractivity contribution < 1.29 is 31.5 Å². The summed E-state index contributed by atoms with van der Waals surface area (Å²) >= 11 is 0. The molecule has 0 unspecified atom stereocenters. The summed E-state index contributed by atoms with van der Waals surface area (Å²) in [6, 6.07) is 4.65. The zero-order valence-electron chi connectivity index (χ0n) is 15.7. The number of amides is 1. The van der Waals surface area contributed by atoms with Crippen molar-refractivity contribution in [2.75, 3.05) is 26.7 Å². The highest BCUT2D eigenvalue weighted by Crippen LogP contribution is 2.23. The highest BCUT2D eigenvalue weighted by Gasteiger charge is 2.31. The van der Waals surface area contributed by atoms with Gasteiger partial charge in [-0.1, -0.05) is 17.7 Å². The van der Waals surface area contributed by atoms with Gasteiger partial charge in [-0.25, -0.2) is 4.99 Å². The number of likely N-dealkylation sites (N-methyl/N-ethyl adjacent to an activating group) is 1. The van der Waals surface area contributed by atoms with Gasteiger partial charge in [-0.3, -0.25) is 4.79 Å². The molecule has 0 aliphatic carbocycles. The van der Waals surface area contributed by atoms with Crippen LogP contribution in [0.5, 0.6) is 5.75 Å². The van der Waals surface area contributed by atoms with E-state index >= 15 is 0 Å². The number of nitrogens with one attached hydrogen (secondary N) is 2. The number of hydrogen-bond donors (Lipinski definition) is 2. The summed E-state index contributed by atoms with van der Waals surface area (Å²) in [7, 11) is 1.04. The fourth-order valence-electron chi connectivity index (χ4n) is 2.20. The molecule has 0 atom stereocenters. The number of hydrogen-bond acceptors (Lipinski definition) is 3. The number of aryl methyl sites for hydroxylation is 1. The molecule has 1 rings (SSSR count). The van der Waals surface area contributed by atoms with Crippen molar-refractivity contribution in [3.63, 3.8) is 0 Å². The SMILES string of the molecule is CCNC(=NCc1cc(C)ccc1OC(F)F)NCC(=O)N(C)CC(F)(F)F. The fraction of sp³-hybridized carbons (Fsp3) is 0.529. The molecule has 0 saturated carbocycles. The molecule has 0 aliphatic heterocycles. The van der Waals surface area contributed by atoms with Gasteiger partial charge in [0.05, 0.1) is 13.1 Å². The first-order valence-electron chi connectivity index (χ1n) is 8.39. The van der Waals surface area contributed by atoms with Crippen LogP contribution in [0.1, 0.15) is 18.1 Å². The van der Waals surface area contributed by atoms with E-state index in [-0.39, 0.29) is 18.3 Å². The molecule has 0 saturated heterocycles. The average molecular weight is 410 g/mol. The summed E-state index contributed by atoms with van der Waals surface area (Å²) in [6.45, 7) is -0.840. The lowest BCUT2D eigenvalue weighted by Crippen LogP contribution is -2.45. The Bertz CT molecular complexity index is 680. The van der Waals surface area contributed by atoms with Gasteiger partial charge in [0.15, 0.2) is 5.96 Å². The summed E-state index contributed by atoms with van der Waals surface area (Å²) in [5.41, 5.74) is 1.21. The number of carbonyl (C=O) groups excluding carboxylic acids is 1.